The zero-order valence-corrected chi connectivity index (χ0v) is 13.3. The second-order valence-corrected chi connectivity index (χ2v) is 6.66. The Kier molecular flexibility index (Phi) is 4.51. The van der Waals surface area contributed by atoms with Crippen molar-refractivity contribution in [2.45, 2.75) is 51.1 Å². The summed E-state index contributed by atoms with van der Waals surface area (Å²) >= 11 is 6.00. The van der Waals surface area contributed by atoms with E-state index in [0.717, 1.165) is 37.1 Å². The number of rotatable bonds is 2. The smallest absolute Gasteiger partial charge is 0.254 e. The first-order chi connectivity index (χ1) is 10.2. The number of hydrogen-bond donors (Lipinski definition) is 1. The molecule has 0 radical (unpaired) electrons. The third kappa shape index (κ3) is 3.09. The summed E-state index contributed by atoms with van der Waals surface area (Å²) in [6, 6.07) is 6.38. The molecule has 2 heterocycles. The van der Waals surface area contributed by atoms with Crippen molar-refractivity contribution in [1.82, 2.24) is 10.2 Å². The van der Waals surface area contributed by atoms with Crippen molar-refractivity contribution in [2.24, 2.45) is 0 Å². The number of piperidine rings is 1. The first kappa shape index (κ1) is 14.9. The molecule has 1 amide bonds. The van der Waals surface area contributed by atoms with E-state index in [2.05, 4.69) is 10.2 Å². The quantitative estimate of drug-likeness (QED) is 0.908. The molecule has 2 atom stereocenters. The Morgan fingerprint density at radius 3 is 2.86 bits per heavy atom. The third-order valence-electron chi connectivity index (χ3n) is 4.79. The van der Waals surface area contributed by atoms with E-state index in [9.17, 15) is 4.79 Å². The fourth-order valence-electron chi connectivity index (χ4n) is 3.69. The van der Waals surface area contributed by atoms with Crippen molar-refractivity contribution in [3.63, 3.8) is 0 Å². The zero-order chi connectivity index (χ0) is 14.8. The highest BCUT2D eigenvalue weighted by Crippen LogP contribution is 2.27. The highest BCUT2D eigenvalue weighted by molar-refractivity contribution is 6.30. The maximum atomic E-state index is 13.0. The lowest BCUT2D eigenvalue weighted by Gasteiger charge is -2.39. The highest BCUT2D eigenvalue weighted by atomic mass is 35.5. The van der Waals surface area contributed by atoms with E-state index >= 15 is 0 Å². The SMILES string of the molecule is Cc1cc(Cl)ccc1C(=O)N1CCCCC1C1CCCN1. The third-order valence-corrected chi connectivity index (χ3v) is 5.03. The molecule has 21 heavy (non-hydrogen) atoms. The molecule has 2 fully saturated rings. The molecule has 0 aliphatic carbocycles. The van der Waals surface area contributed by atoms with Crippen LogP contribution < -0.4 is 5.32 Å². The van der Waals surface area contributed by atoms with Crippen molar-refractivity contribution in [2.75, 3.05) is 13.1 Å². The number of aryl methyl sites for hydroxylation is 1. The summed E-state index contributed by atoms with van der Waals surface area (Å²) in [6.07, 6.45) is 5.88. The van der Waals surface area contributed by atoms with Gasteiger partial charge in [-0.1, -0.05) is 11.6 Å². The number of likely N-dealkylation sites (tertiary alicyclic amines) is 1. The molecule has 0 saturated carbocycles. The van der Waals surface area contributed by atoms with Crippen molar-refractivity contribution in [3.8, 4) is 0 Å². The average Bonchev–Trinajstić information content (AvgIpc) is 3.01. The van der Waals surface area contributed by atoms with Gasteiger partial charge in [-0.15, -0.1) is 0 Å². The van der Waals surface area contributed by atoms with Crippen LogP contribution in [0.15, 0.2) is 18.2 Å². The molecule has 1 aromatic rings. The molecular formula is C17H23ClN2O. The number of benzene rings is 1. The fraction of sp³-hybridized carbons (Fsp3) is 0.588. The number of carbonyl (C=O) groups excluding carboxylic acids is 1. The minimum absolute atomic E-state index is 0.169. The van der Waals surface area contributed by atoms with Gasteiger partial charge in [-0.2, -0.15) is 0 Å². The van der Waals surface area contributed by atoms with Crippen LogP contribution >= 0.6 is 11.6 Å². The van der Waals surface area contributed by atoms with Crippen LogP contribution in [-0.2, 0) is 0 Å². The van der Waals surface area contributed by atoms with E-state index in [1.165, 1.54) is 19.3 Å². The van der Waals surface area contributed by atoms with Gasteiger partial charge in [0.2, 0.25) is 0 Å². The van der Waals surface area contributed by atoms with Crippen molar-refractivity contribution >= 4 is 17.5 Å². The minimum Gasteiger partial charge on any atom is -0.334 e. The Morgan fingerprint density at radius 1 is 1.29 bits per heavy atom. The van der Waals surface area contributed by atoms with Gasteiger partial charge in [-0.3, -0.25) is 4.79 Å². The van der Waals surface area contributed by atoms with Crippen LogP contribution in [0, 0.1) is 6.92 Å². The summed E-state index contributed by atoms with van der Waals surface area (Å²) in [7, 11) is 0. The summed E-state index contributed by atoms with van der Waals surface area (Å²) in [5, 5.41) is 4.26. The van der Waals surface area contributed by atoms with Gasteiger partial charge in [0, 0.05) is 29.2 Å². The number of nitrogens with one attached hydrogen (secondary N) is 1. The second kappa shape index (κ2) is 6.37. The molecule has 0 bridgehead atoms. The molecule has 1 aromatic carbocycles. The van der Waals surface area contributed by atoms with Crippen LogP contribution in [0.5, 0.6) is 0 Å². The second-order valence-electron chi connectivity index (χ2n) is 6.22. The van der Waals surface area contributed by atoms with Gasteiger partial charge in [-0.25, -0.2) is 0 Å². The van der Waals surface area contributed by atoms with E-state index in [1.54, 1.807) is 0 Å². The predicted molar refractivity (Wildman–Crippen MR) is 85.9 cm³/mol. The van der Waals surface area contributed by atoms with Gasteiger partial charge in [-0.05, 0) is 69.3 Å². The monoisotopic (exact) mass is 306 g/mol. The van der Waals surface area contributed by atoms with E-state index < -0.39 is 0 Å². The maximum Gasteiger partial charge on any atom is 0.254 e. The number of halogens is 1. The molecule has 2 unspecified atom stereocenters. The molecule has 3 nitrogen and oxygen atoms in total. The van der Waals surface area contributed by atoms with E-state index in [1.807, 2.05) is 25.1 Å². The summed E-state index contributed by atoms with van der Waals surface area (Å²) < 4.78 is 0. The van der Waals surface area contributed by atoms with Crippen LogP contribution in [0.4, 0.5) is 0 Å². The van der Waals surface area contributed by atoms with Crippen molar-refractivity contribution in [1.29, 1.82) is 0 Å². The highest BCUT2D eigenvalue weighted by Gasteiger charge is 2.34. The average molecular weight is 307 g/mol. The van der Waals surface area contributed by atoms with Crippen molar-refractivity contribution in [3.05, 3.63) is 34.3 Å². The molecule has 4 heteroatoms. The lowest BCUT2D eigenvalue weighted by atomic mass is 9.93. The predicted octanol–water partition coefficient (Wildman–Crippen LogP) is 3.40. The molecule has 114 valence electrons. The lowest BCUT2D eigenvalue weighted by Crippen LogP contribution is -2.52. The first-order valence-corrected chi connectivity index (χ1v) is 8.35. The Labute approximate surface area is 131 Å². The van der Waals surface area contributed by atoms with Crippen LogP contribution in [0.1, 0.15) is 48.0 Å². The topological polar surface area (TPSA) is 32.3 Å². The molecule has 0 spiro atoms. The maximum absolute atomic E-state index is 13.0. The van der Waals surface area contributed by atoms with E-state index in [-0.39, 0.29) is 5.91 Å². The summed E-state index contributed by atoms with van der Waals surface area (Å²) in [5.74, 6) is 0.169. The van der Waals surface area contributed by atoms with Gasteiger partial charge in [0.15, 0.2) is 0 Å². The molecule has 1 N–H and O–H groups in total. The molecule has 2 saturated heterocycles. The lowest BCUT2D eigenvalue weighted by molar-refractivity contribution is 0.0563. The van der Waals surface area contributed by atoms with Crippen LogP contribution in [0.25, 0.3) is 0 Å². The van der Waals surface area contributed by atoms with Crippen LogP contribution in [-0.4, -0.2) is 36.0 Å². The number of hydrogen-bond acceptors (Lipinski definition) is 2. The Balaban J connectivity index is 1.83. The Hall–Kier alpha value is -1.06. The standard InChI is InChI=1S/C17H23ClN2O/c1-12-11-13(18)7-8-14(12)17(21)20-10-3-2-6-16(20)15-5-4-9-19-15/h7-8,11,15-16,19H,2-6,9-10H2,1H3. The number of nitrogens with zero attached hydrogens (tertiary/aromatic N) is 1. The molecule has 2 aliphatic rings. The summed E-state index contributed by atoms with van der Waals surface area (Å²) in [4.78, 5) is 15.1. The van der Waals surface area contributed by atoms with Crippen LogP contribution in [0.2, 0.25) is 5.02 Å². The number of carbonyl (C=O) groups is 1. The largest absolute Gasteiger partial charge is 0.334 e. The van der Waals surface area contributed by atoms with E-state index in [0.29, 0.717) is 17.1 Å². The van der Waals surface area contributed by atoms with Gasteiger partial charge in [0.25, 0.3) is 5.91 Å². The molecular weight excluding hydrogens is 284 g/mol. The first-order valence-electron chi connectivity index (χ1n) is 7.97. The van der Waals surface area contributed by atoms with Gasteiger partial charge in [0.1, 0.15) is 0 Å². The fourth-order valence-corrected chi connectivity index (χ4v) is 3.92. The molecule has 3 rings (SSSR count). The zero-order valence-electron chi connectivity index (χ0n) is 12.6. The van der Waals surface area contributed by atoms with Gasteiger partial charge >= 0.3 is 0 Å². The Bertz CT molecular complexity index is 526. The van der Waals surface area contributed by atoms with Crippen molar-refractivity contribution < 1.29 is 4.79 Å². The summed E-state index contributed by atoms with van der Waals surface area (Å²) in [6.45, 7) is 3.93. The molecule has 0 aromatic heterocycles. The van der Waals surface area contributed by atoms with Crippen LogP contribution in [0.3, 0.4) is 0 Å². The van der Waals surface area contributed by atoms with E-state index in [4.69, 9.17) is 11.6 Å². The molecule has 2 aliphatic heterocycles. The summed E-state index contributed by atoms with van der Waals surface area (Å²) in [5.41, 5.74) is 1.76. The number of amides is 1. The van der Waals surface area contributed by atoms with Gasteiger partial charge in [0.05, 0.1) is 0 Å². The Morgan fingerprint density at radius 2 is 2.14 bits per heavy atom. The van der Waals surface area contributed by atoms with Gasteiger partial charge < -0.3 is 10.2 Å². The normalized spacial score (nSPS) is 26.1. The minimum atomic E-state index is 0.169.